The molecule has 2 aromatic carbocycles. The fraction of sp³-hybridized carbons (Fsp3) is 0.379. The lowest BCUT2D eigenvalue weighted by Gasteiger charge is -2.27. The molecule has 0 saturated heterocycles. The van der Waals surface area contributed by atoms with Gasteiger partial charge in [-0.1, -0.05) is 48.9 Å². The zero-order chi connectivity index (χ0) is 26.7. The lowest BCUT2D eigenvalue weighted by atomic mass is 10.1. The van der Waals surface area contributed by atoms with Gasteiger partial charge in [0.1, 0.15) is 11.6 Å². The van der Waals surface area contributed by atoms with Gasteiger partial charge in [0.05, 0.1) is 25.6 Å². The maximum absolute atomic E-state index is 14.6. The van der Waals surface area contributed by atoms with E-state index in [1.807, 2.05) is 32.0 Å². The molecular formula is C29H37FN2O4. The Morgan fingerprint density at radius 3 is 2.36 bits per heavy atom. The molecule has 7 heteroatoms. The molecular weight excluding hydrogens is 459 g/mol. The molecule has 0 aromatic heterocycles. The van der Waals surface area contributed by atoms with Gasteiger partial charge in [0.2, 0.25) is 5.91 Å². The molecule has 36 heavy (non-hydrogen) atoms. The monoisotopic (exact) mass is 496 g/mol. The van der Waals surface area contributed by atoms with E-state index in [1.165, 1.54) is 18.7 Å². The van der Waals surface area contributed by atoms with Crippen molar-refractivity contribution in [2.75, 3.05) is 20.2 Å². The summed E-state index contributed by atoms with van der Waals surface area (Å²) >= 11 is 0. The molecule has 0 bridgehead atoms. The van der Waals surface area contributed by atoms with E-state index in [4.69, 9.17) is 4.74 Å². The standard InChI is InChI=1S/C29H37FN2O4/c1-6-20(2)27(31-22(4)21(3)29(34)35)19-32(16-10-13-23-11-8-7-9-12-23)28(33)17-24-14-15-25(36-5)18-26(24)30/h7-9,11-12,14-15,18,31H,6,10,13,16-17,19H2,1-5H3,(H,34,35)/b22-21+,27-20?. The Morgan fingerprint density at radius 1 is 1.08 bits per heavy atom. The van der Waals surface area contributed by atoms with Gasteiger partial charge in [-0.25, -0.2) is 9.18 Å². The second-order valence-electron chi connectivity index (χ2n) is 8.83. The molecule has 0 radical (unpaired) electrons. The lowest BCUT2D eigenvalue weighted by Crippen LogP contribution is -2.38. The maximum atomic E-state index is 14.6. The van der Waals surface area contributed by atoms with Crippen molar-refractivity contribution in [3.05, 3.63) is 88.0 Å². The summed E-state index contributed by atoms with van der Waals surface area (Å²) in [7, 11) is 1.47. The summed E-state index contributed by atoms with van der Waals surface area (Å²) in [5.41, 5.74) is 4.00. The predicted octanol–water partition coefficient (Wildman–Crippen LogP) is 5.49. The van der Waals surface area contributed by atoms with Crippen LogP contribution in [0, 0.1) is 5.82 Å². The molecule has 194 valence electrons. The SMILES string of the molecule is CCC(C)=C(CN(CCCc1ccccc1)C(=O)Cc1ccc(OC)cc1F)N/C(C)=C(\C)C(=O)O. The van der Waals surface area contributed by atoms with Crippen LogP contribution in [0.25, 0.3) is 0 Å². The number of nitrogens with one attached hydrogen (secondary N) is 1. The molecule has 2 rings (SSSR count). The Morgan fingerprint density at radius 2 is 1.78 bits per heavy atom. The van der Waals surface area contributed by atoms with Crippen LogP contribution >= 0.6 is 0 Å². The molecule has 0 aliphatic heterocycles. The number of carbonyl (C=O) groups is 2. The number of carboxylic acid groups (broad SMARTS) is 1. The molecule has 0 saturated carbocycles. The molecule has 2 N–H and O–H groups in total. The van der Waals surface area contributed by atoms with Gasteiger partial charge in [0.25, 0.3) is 0 Å². The van der Waals surface area contributed by atoms with Gasteiger partial charge in [-0.15, -0.1) is 0 Å². The highest BCUT2D eigenvalue weighted by Gasteiger charge is 2.19. The Balaban J connectivity index is 2.28. The van der Waals surface area contributed by atoms with E-state index in [0.717, 1.165) is 30.5 Å². The number of allylic oxidation sites excluding steroid dienone is 2. The van der Waals surface area contributed by atoms with Gasteiger partial charge >= 0.3 is 5.97 Å². The zero-order valence-electron chi connectivity index (χ0n) is 21.9. The summed E-state index contributed by atoms with van der Waals surface area (Å²) in [6.45, 7) is 7.97. The molecule has 0 fully saturated rings. The zero-order valence-corrected chi connectivity index (χ0v) is 21.9. The number of halogens is 1. The highest BCUT2D eigenvalue weighted by Crippen LogP contribution is 2.19. The average molecular weight is 497 g/mol. The first-order valence-corrected chi connectivity index (χ1v) is 12.2. The number of aryl methyl sites for hydroxylation is 1. The number of nitrogens with zero attached hydrogens (tertiary/aromatic N) is 1. The van der Waals surface area contributed by atoms with E-state index in [2.05, 4.69) is 17.4 Å². The number of carboxylic acids is 1. The van der Waals surface area contributed by atoms with Crippen LogP contribution in [-0.4, -0.2) is 42.1 Å². The van der Waals surface area contributed by atoms with E-state index in [-0.39, 0.29) is 24.4 Å². The highest BCUT2D eigenvalue weighted by molar-refractivity contribution is 5.86. The number of rotatable bonds is 13. The van der Waals surface area contributed by atoms with Crippen LogP contribution < -0.4 is 10.1 Å². The molecule has 0 unspecified atom stereocenters. The van der Waals surface area contributed by atoms with Crippen LogP contribution in [0.15, 0.2) is 71.1 Å². The second kappa shape index (κ2) is 14.1. The van der Waals surface area contributed by atoms with E-state index >= 15 is 0 Å². The molecule has 1 amide bonds. The summed E-state index contributed by atoms with van der Waals surface area (Å²) in [6, 6.07) is 14.5. The molecule has 0 heterocycles. The van der Waals surface area contributed by atoms with E-state index in [9.17, 15) is 19.1 Å². The van der Waals surface area contributed by atoms with Crippen molar-refractivity contribution in [3.8, 4) is 5.75 Å². The van der Waals surface area contributed by atoms with Crippen molar-refractivity contribution < 1.29 is 23.8 Å². The van der Waals surface area contributed by atoms with E-state index < -0.39 is 11.8 Å². The number of aliphatic carboxylic acids is 1. The van der Waals surface area contributed by atoms with E-state index in [0.29, 0.717) is 23.6 Å². The summed E-state index contributed by atoms with van der Waals surface area (Å²) in [5.74, 6) is -1.29. The first kappa shape index (κ1) is 28.6. The van der Waals surface area contributed by atoms with Gasteiger partial charge in [0, 0.05) is 24.0 Å². The molecule has 0 aliphatic carbocycles. The minimum absolute atomic E-state index is 0.0808. The minimum atomic E-state index is -1.00. The highest BCUT2D eigenvalue weighted by atomic mass is 19.1. The molecule has 0 spiro atoms. The first-order chi connectivity index (χ1) is 17.2. The number of hydrogen-bond acceptors (Lipinski definition) is 4. The van der Waals surface area contributed by atoms with Crippen LogP contribution in [0.3, 0.4) is 0 Å². The summed E-state index contributed by atoms with van der Waals surface area (Å²) < 4.78 is 19.6. The van der Waals surface area contributed by atoms with Gasteiger partial charge in [0.15, 0.2) is 0 Å². The van der Waals surface area contributed by atoms with Gasteiger partial charge in [-0.05, 0) is 57.2 Å². The molecule has 0 aliphatic rings. The van der Waals surface area contributed by atoms with Gasteiger partial charge in [-0.2, -0.15) is 0 Å². The van der Waals surface area contributed by atoms with Crippen molar-refractivity contribution in [1.29, 1.82) is 0 Å². The fourth-order valence-electron chi connectivity index (χ4n) is 3.65. The Bertz CT molecular complexity index is 1110. The lowest BCUT2D eigenvalue weighted by molar-refractivity contribution is -0.133. The van der Waals surface area contributed by atoms with Crippen molar-refractivity contribution in [2.24, 2.45) is 0 Å². The maximum Gasteiger partial charge on any atom is 0.333 e. The number of hydrogen-bond donors (Lipinski definition) is 2. The van der Waals surface area contributed by atoms with Crippen LogP contribution in [-0.2, 0) is 22.4 Å². The third-order valence-corrected chi connectivity index (χ3v) is 6.31. The normalized spacial score (nSPS) is 12.4. The second-order valence-corrected chi connectivity index (χ2v) is 8.83. The van der Waals surface area contributed by atoms with Crippen LogP contribution in [0.4, 0.5) is 4.39 Å². The fourth-order valence-corrected chi connectivity index (χ4v) is 3.65. The number of methoxy groups -OCH3 is 1. The Labute approximate surface area is 213 Å². The Kier molecular flexibility index (Phi) is 11.2. The number of amides is 1. The minimum Gasteiger partial charge on any atom is -0.497 e. The predicted molar refractivity (Wildman–Crippen MR) is 140 cm³/mol. The Hall–Kier alpha value is -3.61. The first-order valence-electron chi connectivity index (χ1n) is 12.2. The molecule has 0 atom stereocenters. The number of ether oxygens (including phenoxy) is 1. The summed E-state index contributed by atoms with van der Waals surface area (Å²) in [6.07, 6.45) is 2.20. The molecule has 2 aromatic rings. The topological polar surface area (TPSA) is 78.9 Å². The van der Waals surface area contributed by atoms with Crippen LogP contribution in [0.2, 0.25) is 0 Å². The number of benzene rings is 2. The smallest absolute Gasteiger partial charge is 0.333 e. The van der Waals surface area contributed by atoms with Gasteiger partial charge in [-0.3, -0.25) is 4.79 Å². The van der Waals surface area contributed by atoms with Crippen molar-refractivity contribution >= 4 is 11.9 Å². The van der Waals surface area contributed by atoms with E-state index in [1.54, 1.807) is 30.9 Å². The third kappa shape index (κ3) is 8.56. The number of carbonyl (C=O) groups excluding carboxylic acids is 1. The third-order valence-electron chi connectivity index (χ3n) is 6.31. The molecule has 6 nitrogen and oxygen atoms in total. The quantitative estimate of drug-likeness (QED) is 0.359. The van der Waals surface area contributed by atoms with Gasteiger partial charge < -0.3 is 20.1 Å². The van der Waals surface area contributed by atoms with Crippen molar-refractivity contribution in [1.82, 2.24) is 10.2 Å². The van der Waals surface area contributed by atoms with Crippen LogP contribution in [0.5, 0.6) is 5.75 Å². The summed E-state index contributed by atoms with van der Waals surface area (Å²) in [4.78, 5) is 26.6. The van der Waals surface area contributed by atoms with Crippen molar-refractivity contribution in [3.63, 3.8) is 0 Å². The van der Waals surface area contributed by atoms with Crippen molar-refractivity contribution in [2.45, 2.75) is 53.4 Å². The average Bonchev–Trinajstić information content (AvgIpc) is 2.87. The summed E-state index contributed by atoms with van der Waals surface area (Å²) in [5, 5.41) is 12.6. The largest absolute Gasteiger partial charge is 0.497 e. The van der Waals surface area contributed by atoms with Crippen LogP contribution in [0.1, 0.15) is 51.7 Å².